The summed E-state index contributed by atoms with van der Waals surface area (Å²) in [4.78, 5) is 12.2. The van der Waals surface area contributed by atoms with Crippen LogP contribution in [0.5, 0.6) is 0 Å². The highest BCUT2D eigenvalue weighted by atomic mass is 19.4. The third-order valence-electron chi connectivity index (χ3n) is 2.91. The maximum atomic E-state index is 12.5. The van der Waals surface area contributed by atoms with Crippen molar-refractivity contribution in [2.75, 3.05) is 11.4 Å². The molecule has 0 saturated heterocycles. The van der Waals surface area contributed by atoms with E-state index in [2.05, 4.69) is 0 Å². The number of rotatable bonds is 0. The third kappa shape index (κ3) is 2.14. The van der Waals surface area contributed by atoms with Gasteiger partial charge in [0.15, 0.2) is 0 Å². The van der Waals surface area contributed by atoms with Gasteiger partial charge in [0.05, 0.1) is 5.69 Å². The van der Waals surface area contributed by atoms with Crippen LogP contribution >= 0.6 is 0 Å². The number of halogens is 3. The van der Waals surface area contributed by atoms with Crippen LogP contribution in [0.25, 0.3) is 0 Å². The van der Waals surface area contributed by atoms with Crippen molar-refractivity contribution in [2.24, 2.45) is 0 Å². The first-order chi connectivity index (χ1) is 7.91. The van der Waals surface area contributed by atoms with Gasteiger partial charge in [0.25, 0.3) is 0 Å². The standard InChI is InChI=1S/C12H12F3NO/c1-8-4-2-5-9-6-3-7-16(10(8)9)11(17)12(13,14)15/h2,4-5H,3,6-7H2,1H3. The van der Waals surface area contributed by atoms with Gasteiger partial charge in [-0.3, -0.25) is 4.79 Å². The molecule has 1 aromatic carbocycles. The summed E-state index contributed by atoms with van der Waals surface area (Å²) in [5.74, 6) is -1.77. The van der Waals surface area contributed by atoms with E-state index in [9.17, 15) is 18.0 Å². The fourth-order valence-corrected chi connectivity index (χ4v) is 2.20. The Hall–Kier alpha value is -1.52. The first-order valence-corrected chi connectivity index (χ1v) is 5.38. The minimum absolute atomic E-state index is 0.135. The zero-order chi connectivity index (χ0) is 12.6. The number of nitrogens with zero attached hydrogens (tertiary/aromatic N) is 1. The Morgan fingerprint density at radius 3 is 2.71 bits per heavy atom. The molecule has 0 N–H and O–H groups in total. The highest BCUT2D eigenvalue weighted by Gasteiger charge is 2.44. The van der Waals surface area contributed by atoms with Crippen LogP contribution in [-0.4, -0.2) is 18.6 Å². The van der Waals surface area contributed by atoms with Gasteiger partial charge < -0.3 is 4.90 Å². The first-order valence-electron chi connectivity index (χ1n) is 5.38. The van der Waals surface area contributed by atoms with Crippen LogP contribution in [0.15, 0.2) is 18.2 Å². The predicted molar refractivity (Wildman–Crippen MR) is 57.9 cm³/mol. The Bertz CT molecular complexity index is 454. The summed E-state index contributed by atoms with van der Waals surface area (Å²) in [7, 11) is 0. The van der Waals surface area contributed by atoms with Crippen LogP contribution in [0.1, 0.15) is 17.5 Å². The van der Waals surface area contributed by atoms with E-state index in [0.717, 1.165) is 16.9 Å². The van der Waals surface area contributed by atoms with Crippen molar-refractivity contribution >= 4 is 11.6 Å². The number of hydrogen-bond acceptors (Lipinski definition) is 1. The molecule has 0 aromatic heterocycles. The summed E-state index contributed by atoms with van der Waals surface area (Å²) in [6.45, 7) is 1.86. The molecule has 0 atom stereocenters. The molecule has 0 saturated carbocycles. The fraction of sp³-hybridized carbons (Fsp3) is 0.417. The van der Waals surface area contributed by atoms with Crippen LogP contribution in [0.2, 0.25) is 0 Å². The van der Waals surface area contributed by atoms with Crippen molar-refractivity contribution in [1.82, 2.24) is 0 Å². The van der Waals surface area contributed by atoms with E-state index in [1.54, 1.807) is 25.1 Å². The van der Waals surface area contributed by atoms with E-state index in [1.807, 2.05) is 0 Å². The molecular weight excluding hydrogens is 231 g/mol. The molecule has 0 unspecified atom stereocenters. The second kappa shape index (κ2) is 4.05. The molecule has 0 spiro atoms. The van der Waals surface area contributed by atoms with E-state index < -0.39 is 12.1 Å². The zero-order valence-electron chi connectivity index (χ0n) is 9.34. The van der Waals surface area contributed by atoms with Gasteiger partial charge in [0.1, 0.15) is 0 Å². The number of anilines is 1. The van der Waals surface area contributed by atoms with Gasteiger partial charge >= 0.3 is 12.1 Å². The Morgan fingerprint density at radius 2 is 2.06 bits per heavy atom. The molecular formula is C12H12F3NO. The average molecular weight is 243 g/mol. The van der Waals surface area contributed by atoms with Crippen LogP contribution in [-0.2, 0) is 11.2 Å². The number of carbonyl (C=O) groups is 1. The molecule has 2 rings (SSSR count). The van der Waals surface area contributed by atoms with Gasteiger partial charge in [-0.1, -0.05) is 18.2 Å². The molecule has 0 fully saturated rings. The van der Waals surface area contributed by atoms with Crippen LogP contribution in [0.4, 0.5) is 18.9 Å². The number of fused-ring (bicyclic) bond motifs is 1. The predicted octanol–water partition coefficient (Wildman–Crippen LogP) is 2.84. The molecule has 1 amide bonds. The molecule has 92 valence electrons. The van der Waals surface area contributed by atoms with E-state index in [1.165, 1.54) is 0 Å². The minimum atomic E-state index is -4.81. The van der Waals surface area contributed by atoms with Crippen molar-refractivity contribution in [1.29, 1.82) is 0 Å². The van der Waals surface area contributed by atoms with Crippen LogP contribution < -0.4 is 4.90 Å². The maximum absolute atomic E-state index is 12.5. The van der Waals surface area contributed by atoms with Crippen molar-refractivity contribution in [3.63, 3.8) is 0 Å². The first kappa shape index (κ1) is 12.0. The number of carbonyl (C=O) groups excluding carboxylic acids is 1. The van der Waals surface area contributed by atoms with Gasteiger partial charge in [0, 0.05) is 6.54 Å². The molecule has 1 heterocycles. The molecule has 1 aromatic rings. The van der Waals surface area contributed by atoms with E-state index in [0.29, 0.717) is 17.7 Å². The minimum Gasteiger partial charge on any atom is -0.304 e. The molecule has 0 radical (unpaired) electrons. The lowest BCUT2D eigenvalue weighted by molar-refractivity contribution is -0.170. The molecule has 17 heavy (non-hydrogen) atoms. The topological polar surface area (TPSA) is 20.3 Å². The van der Waals surface area contributed by atoms with Gasteiger partial charge in [-0.2, -0.15) is 13.2 Å². The monoisotopic (exact) mass is 243 g/mol. The SMILES string of the molecule is Cc1cccc2c1N(C(=O)C(F)(F)F)CCC2. The van der Waals surface area contributed by atoms with Crippen LogP contribution in [0.3, 0.4) is 0 Å². The van der Waals surface area contributed by atoms with Gasteiger partial charge in [-0.25, -0.2) is 0 Å². The summed E-state index contributed by atoms with van der Waals surface area (Å²) in [6, 6.07) is 5.30. The summed E-state index contributed by atoms with van der Waals surface area (Å²) in [5.41, 5.74) is 1.95. The maximum Gasteiger partial charge on any atom is 0.471 e. The Kier molecular flexibility index (Phi) is 2.85. The van der Waals surface area contributed by atoms with E-state index in [4.69, 9.17) is 0 Å². The van der Waals surface area contributed by atoms with Crippen molar-refractivity contribution in [3.05, 3.63) is 29.3 Å². The number of para-hydroxylation sites is 1. The number of hydrogen-bond donors (Lipinski definition) is 0. The summed E-state index contributed by atoms with van der Waals surface area (Å²) in [5, 5.41) is 0. The lowest BCUT2D eigenvalue weighted by Crippen LogP contribution is -2.44. The van der Waals surface area contributed by atoms with E-state index in [-0.39, 0.29) is 6.54 Å². The third-order valence-corrected chi connectivity index (χ3v) is 2.91. The molecule has 1 aliphatic rings. The quantitative estimate of drug-likeness (QED) is 0.686. The number of amides is 1. The molecule has 0 bridgehead atoms. The molecule has 2 nitrogen and oxygen atoms in total. The Balaban J connectivity index is 2.45. The summed E-state index contributed by atoms with van der Waals surface area (Å²) in [6.07, 6.45) is -3.52. The second-order valence-corrected chi connectivity index (χ2v) is 4.14. The van der Waals surface area contributed by atoms with Crippen molar-refractivity contribution in [2.45, 2.75) is 25.9 Å². The van der Waals surface area contributed by atoms with Crippen molar-refractivity contribution < 1.29 is 18.0 Å². The van der Waals surface area contributed by atoms with Gasteiger partial charge in [-0.05, 0) is 30.9 Å². The highest BCUT2D eigenvalue weighted by molar-refractivity contribution is 5.99. The molecule has 1 aliphatic heterocycles. The number of alkyl halides is 3. The lowest BCUT2D eigenvalue weighted by Gasteiger charge is -2.31. The Morgan fingerprint density at radius 1 is 1.35 bits per heavy atom. The summed E-state index contributed by atoms with van der Waals surface area (Å²) < 4.78 is 37.4. The molecule has 5 heteroatoms. The van der Waals surface area contributed by atoms with Crippen molar-refractivity contribution in [3.8, 4) is 0 Å². The number of aryl methyl sites for hydroxylation is 2. The van der Waals surface area contributed by atoms with E-state index >= 15 is 0 Å². The Labute approximate surface area is 97.0 Å². The summed E-state index contributed by atoms with van der Waals surface area (Å²) >= 11 is 0. The van der Waals surface area contributed by atoms with Gasteiger partial charge in [-0.15, -0.1) is 0 Å². The second-order valence-electron chi connectivity index (χ2n) is 4.14. The highest BCUT2D eigenvalue weighted by Crippen LogP contribution is 2.33. The van der Waals surface area contributed by atoms with Gasteiger partial charge in [0.2, 0.25) is 0 Å². The smallest absolute Gasteiger partial charge is 0.304 e. The normalized spacial score (nSPS) is 15.6. The largest absolute Gasteiger partial charge is 0.471 e. The average Bonchev–Trinajstić information content (AvgIpc) is 2.26. The van der Waals surface area contributed by atoms with Crippen LogP contribution in [0, 0.1) is 6.92 Å². The molecule has 0 aliphatic carbocycles. The zero-order valence-corrected chi connectivity index (χ0v) is 9.34. The fourth-order valence-electron chi connectivity index (χ4n) is 2.20. The lowest BCUT2D eigenvalue weighted by atomic mass is 9.98. The number of benzene rings is 1.